The van der Waals surface area contributed by atoms with Crippen LogP contribution < -0.4 is 14.8 Å². The van der Waals surface area contributed by atoms with E-state index in [9.17, 15) is 26.4 Å². The molecule has 168 valence electrons. The van der Waals surface area contributed by atoms with Crippen LogP contribution in [0.3, 0.4) is 0 Å². The third-order valence-corrected chi connectivity index (χ3v) is 5.62. The predicted molar refractivity (Wildman–Crippen MR) is 110 cm³/mol. The van der Waals surface area contributed by atoms with Crippen LogP contribution in [-0.4, -0.2) is 43.9 Å². The number of nitrogens with one attached hydrogen (secondary N) is 2. The number of benzene rings is 2. The van der Waals surface area contributed by atoms with Gasteiger partial charge in [-0.2, -0.15) is 0 Å². The highest BCUT2D eigenvalue weighted by Crippen LogP contribution is 2.34. The summed E-state index contributed by atoms with van der Waals surface area (Å²) < 4.78 is 65.8. The second-order valence-electron chi connectivity index (χ2n) is 7.55. The highest BCUT2D eigenvalue weighted by Gasteiger charge is 2.46. The summed E-state index contributed by atoms with van der Waals surface area (Å²) in [7, 11) is -3.44. The van der Waals surface area contributed by atoms with Gasteiger partial charge in [0.1, 0.15) is 5.75 Å². The van der Waals surface area contributed by atoms with E-state index < -0.39 is 21.9 Å². The molecule has 1 aliphatic heterocycles. The van der Waals surface area contributed by atoms with E-state index in [0.717, 1.165) is 11.8 Å². The second-order valence-corrected chi connectivity index (χ2v) is 9.29. The summed E-state index contributed by atoms with van der Waals surface area (Å²) >= 11 is 0. The van der Waals surface area contributed by atoms with Gasteiger partial charge in [-0.05, 0) is 49.2 Å². The van der Waals surface area contributed by atoms with Crippen LogP contribution in [0.5, 0.6) is 5.75 Å². The van der Waals surface area contributed by atoms with Gasteiger partial charge in [-0.25, -0.2) is 8.42 Å². The van der Waals surface area contributed by atoms with Crippen molar-refractivity contribution in [2.75, 3.05) is 22.8 Å². The molecule has 1 unspecified atom stereocenters. The zero-order valence-corrected chi connectivity index (χ0v) is 17.7. The van der Waals surface area contributed by atoms with Crippen LogP contribution in [0.2, 0.25) is 0 Å². The monoisotopic (exact) mass is 457 g/mol. The number of hydrogen-bond donors (Lipinski definition) is 2. The molecule has 1 atom stereocenters. The lowest BCUT2D eigenvalue weighted by Gasteiger charge is -2.49. The van der Waals surface area contributed by atoms with Gasteiger partial charge in [0.05, 0.1) is 17.5 Å². The minimum atomic E-state index is -4.75. The van der Waals surface area contributed by atoms with Crippen LogP contribution in [0.15, 0.2) is 48.5 Å². The normalized spacial score (nSPS) is 19.4. The first-order chi connectivity index (χ1) is 14.3. The van der Waals surface area contributed by atoms with Crippen LogP contribution >= 0.6 is 0 Å². The molecule has 11 heteroatoms. The van der Waals surface area contributed by atoms with E-state index in [1.807, 2.05) is 4.90 Å². The van der Waals surface area contributed by atoms with Crippen molar-refractivity contribution in [1.29, 1.82) is 0 Å². The number of rotatable bonds is 7. The van der Waals surface area contributed by atoms with Gasteiger partial charge >= 0.3 is 6.36 Å². The molecule has 1 fully saturated rings. The summed E-state index contributed by atoms with van der Waals surface area (Å²) in [5, 5.41) is 2.80. The van der Waals surface area contributed by atoms with Crippen molar-refractivity contribution in [3.8, 4) is 5.75 Å². The molecular weight excluding hydrogens is 435 g/mol. The average molecular weight is 457 g/mol. The highest BCUT2D eigenvalue weighted by molar-refractivity contribution is 7.92. The summed E-state index contributed by atoms with van der Waals surface area (Å²) in [6.07, 6.45) is -3.10. The molecule has 3 rings (SSSR count). The quantitative estimate of drug-likeness (QED) is 0.664. The fourth-order valence-corrected chi connectivity index (χ4v) is 3.83. The topological polar surface area (TPSA) is 87.7 Å². The Morgan fingerprint density at radius 2 is 1.81 bits per heavy atom. The number of halogens is 3. The fourth-order valence-electron chi connectivity index (χ4n) is 3.27. The Kier molecular flexibility index (Phi) is 6.19. The molecule has 2 aromatic carbocycles. The number of nitrogens with zero attached hydrogens (tertiary/aromatic N) is 1. The maximum atomic E-state index is 12.9. The predicted octanol–water partition coefficient (Wildman–Crippen LogP) is 3.56. The van der Waals surface area contributed by atoms with Gasteiger partial charge in [-0.3, -0.25) is 14.4 Å². The first-order valence-electron chi connectivity index (χ1n) is 9.33. The van der Waals surface area contributed by atoms with E-state index in [4.69, 9.17) is 0 Å². The average Bonchev–Trinajstić information content (AvgIpc) is 2.63. The highest BCUT2D eigenvalue weighted by atomic mass is 32.2. The molecule has 1 amide bonds. The van der Waals surface area contributed by atoms with E-state index >= 15 is 0 Å². The van der Waals surface area contributed by atoms with Crippen LogP contribution in [0.1, 0.15) is 18.9 Å². The van der Waals surface area contributed by atoms with Crippen molar-refractivity contribution < 1.29 is 31.1 Å². The largest absolute Gasteiger partial charge is 0.573 e. The van der Waals surface area contributed by atoms with Gasteiger partial charge in [-0.15, -0.1) is 13.2 Å². The Labute approximate surface area is 178 Å². The number of hydrogen-bond acceptors (Lipinski definition) is 5. The zero-order valence-electron chi connectivity index (χ0n) is 16.9. The Balaban J connectivity index is 1.64. The number of anilines is 2. The summed E-state index contributed by atoms with van der Waals surface area (Å²) in [6, 6.07) is 11.9. The molecule has 2 N–H and O–H groups in total. The molecular formula is C20H22F3N3O4S. The van der Waals surface area contributed by atoms with Crippen LogP contribution in [0.4, 0.5) is 24.5 Å². The van der Waals surface area contributed by atoms with Crippen LogP contribution in [0, 0.1) is 0 Å². The molecule has 1 saturated heterocycles. The fraction of sp³-hybridized carbons (Fsp3) is 0.350. The van der Waals surface area contributed by atoms with Crippen molar-refractivity contribution in [2.45, 2.75) is 31.8 Å². The summed E-state index contributed by atoms with van der Waals surface area (Å²) in [5.41, 5.74) is 0.714. The van der Waals surface area contributed by atoms with E-state index in [1.54, 1.807) is 25.1 Å². The van der Waals surface area contributed by atoms with Crippen molar-refractivity contribution in [2.24, 2.45) is 0 Å². The zero-order chi connectivity index (χ0) is 22.9. The van der Waals surface area contributed by atoms with E-state index in [0.29, 0.717) is 30.9 Å². The van der Waals surface area contributed by atoms with Crippen molar-refractivity contribution in [1.82, 2.24) is 4.90 Å². The summed E-state index contributed by atoms with van der Waals surface area (Å²) in [4.78, 5) is 14.8. The van der Waals surface area contributed by atoms with Crippen molar-refractivity contribution in [3.63, 3.8) is 0 Å². The molecule has 1 heterocycles. The third kappa shape index (κ3) is 6.11. The van der Waals surface area contributed by atoms with Crippen LogP contribution in [0.25, 0.3) is 0 Å². The molecule has 0 aliphatic carbocycles. The number of carbonyl (C=O) groups is 1. The van der Waals surface area contributed by atoms with Gasteiger partial charge in [0.15, 0.2) is 0 Å². The first kappa shape index (κ1) is 22.9. The number of sulfonamides is 1. The molecule has 31 heavy (non-hydrogen) atoms. The second kappa shape index (κ2) is 8.39. The lowest BCUT2D eigenvalue weighted by Crippen LogP contribution is -2.63. The van der Waals surface area contributed by atoms with Gasteiger partial charge in [0.25, 0.3) is 0 Å². The Hall–Kier alpha value is -2.79. The van der Waals surface area contributed by atoms with Crippen LogP contribution in [-0.2, 0) is 21.4 Å². The SMILES string of the molecule is CC1(C(=O)Nc2cccc(NS(C)(=O)=O)c2)CCN1Cc1ccc(OC(F)(F)F)cc1. The summed E-state index contributed by atoms with van der Waals surface area (Å²) in [6.45, 7) is 2.82. The standard InChI is InChI=1S/C20H22F3N3O4S/c1-19(18(27)24-15-4-3-5-16(12-15)25-31(2,28)29)10-11-26(19)13-14-6-8-17(9-7-14)30-20(21,22)23/h3-9,12,25H,10-11,13H2,1-2H3,(H,24,27). The van der Waals surface area contributed by atoms with Gasteiger partial charge < -0.3 is 10.1 Å². The lowest BCUT2D eigenvalue weighted by atomic mass is 9.85. The van der Waals surface area contributed by atoms with E-state index in [1.165, 1.54) is 30.3 Å². The van der Waals surface area contributed by atoms with Gasteiger partial charge in [0.2, 0.25) is 15.9 Å². The van der Waals surface area contributed by atoms with E-state index in [-0.39, 0.29) is 11.7 Å². The Bertz CT molecular complexity index is 1060. The van der Waals surface area contributed by atoms with Crippen molar-refractivity contribution >= 4 is 27.3 Å². The number of carbonyl (C=O) groups excluding carboxylic acids is 1. The molecule has 0 spiro atoms. The smallest absolute Gasteiger partial charge is 0.406 e. The Morgan fingerprint density at radius 1 is 1.16 bits per heavy atom. The number of ether oxygens (including phenoxy) is 1. The van der Waals surface area contributed by atoms with Gasteiger partial charge in [-0.1, -0.05) is 18.2 Å². The maximum Gasteiger partial charge on any atom is 0.573 e. The third-order valence-electron chi connectivity index (χ3n) is 5.01. The molecule has 0 bridgehead atoms. The molecule has 0 saturated carbocycles. The molecule has 7 nitrogen and oxygen atoms in total. The molecule has 1 aliphatic rings. The Morgan fingerprint density at radius 3 is 2.35 bits per heavy atom. The maximum absolute atomic E-state index is 12.9. The number of likely N-dealkylation sites (tertiary alicyclic amines) is 1. The minimum absolute atomic E-state index is 0.257. The first-order valence-corrected chi connectivity index (χ1v) is 11.2. The van der Waals surface area contributed by atoms with Gasteiger partial charge in [0, 0.05) is 18.8 Å². The number of amides is 1. The van der Waals surface area contributed by atoms with Crippen molar-refractivity contribution in [3.05, 3.63) is 54.1 Å². The number of alkyl halides is 3. The molecule has 0 aromatic heterocycles. The molecule has 0 radical (unpaired) electrons. The lowest BCUT2D eigenvalue weighted by molar-refractivity contribution is -0.274. The molecule has 2 aromatic rings. The minimum Gasteiger partial charge on any atom is -0.406 e. The van der Waals surface area contributed by atoms with E-state index in [2.05, 4.69) is 14.8 Å². The summed E-state index contributed by atoms with van der Waals surface area (Å²) in [5.74, 6) is -0.560.